The molecular weight excluding hydrogens is 308 g/mol. The van der Waals surface area contributed by atoms with Crippen molar-refractivity contribution in [1.29, 1.82) is 0 Å². The van der Waals surface area contributed by atoms with Gasteiger partial charge in [0.2, 0.25) is 0 Å². The number of hydrogen-bond acceptors (Lipinski definition) is 1. The first kappa shape index (κ1) is 17.3. The van der Waals surface area contributed by atoms with Crippen LogP contribution in [0, 0.1) is 17.8 Å². The first-order chi connectivity index (χ1) is 11.6. The van der Waals surface area contributed by atoms with Crippen LogP contribution in [0.15, 0.2) is 42.5 Å². The van der Waals surface area contributed by atoms with Crippen molar-refractivity contribution in [3.63, 3.8) is 0 Å². The fraction of sp³-hybridized carbons (Fsp3) is 0.348. The van der Waals surface area contributed by atoms with E-state index >= 15 is 0 Å². The Morgan fingerprint density at radius 1 is 0.880 bits per heavy atom. The molecule has 25 heavy (non-hydrogen) atoms. The van der Waals surface area contributed by atoms with Gasteiger partial charge < -0.3 is 5.11 Å². The van der Waals surface area contributed by atoms with Crippen molar-refractivity contribution < 1.29 is 9.90 Å². The van der Waals surface area contributed by atoms with Crippen molar-refractivity contribution in [3.05, 3.63) is 70.3 Å². The molecule has 1 unspecified atom stereocenters. The fourth-order valence-electron chi connectivity index (χ4n) is 3.93. The number of fused-ring (bicyclic) bond motifs is 1. The molecule has 2 aromatic rings. The summed E-state index contributed by atoms with van der Waals surface area (Å²) in [5.74, 6) is 5.99. The molecule has 0 bridgehead atoms. The summed E-state index contributed by atoms with van der Waals surface area (Å²) in [5, 5.41) is 8.95. The second kappa shape index (κ2) is 5.77. The van der Waals surface area contributed by atoms with Gasteiger partial charge in [0, 0.05) is 11.1 Å². The summed E-state index contributed by atoms with van der Waals surface area (Å²) in [7, 11) is 0. The van der Waals surface area contributed by atoms with E-state index in [0.717, 1.165) is 11.1 Å². The number of hydrogen-bond donors (Lipinski definition) is 1. The molecule has 0 amide bonds. The molecule has 0 radical (unpaired) electrons. The Morgan fingerprint density at radius 3 is 2.00 bits per heavy atom. The zero-order valence-electron chi connectivity index (χ0n) is 15.5. The van der Waals surface area contributed by atoms with Gasteiger partial charge in [-0.05, 0) is 64.3 Å². The van der Waals surface area contributed by atoms with Crippen molar-refractivity contribution in [2.75, 3.05) is 0 Å². The van der Waals surface area contributed by atoms with Crippen LogP contribution in [0.1, 0.15) is 67.2 Å². The van der Waals surface area contributed by atoms with Crippen LogP contribution in [0.3, 0.4) is 0 Å². The number of carboxylic acid groups (broad SMARTS) is 1. The van der Waals surface area contributed by atoms with Gasteiger partial charge in [-0.1, -0.05) is 52.5 Å². The van der Waals surface area contributed by atoms with E-state index in [2.05, 4.69) is 64.7 Å². The van der Waals surface area contributed by atoms with Gasteiger partial charge in [0.05, 0.1) is 5.56 Å². The van der Waals surface area contributed by atoms with Gasteiger partial charge in [-0.3, -0.25) is 0 Å². The Morgan fingerprint density at radius 2 is 1.40 bits per heavy atom. The molecule has 3 rings (SSSR count). The van der Waals surface area contributed by atoms with Crippen molar-refractivity contribution in [2.45, 2.75) is 45.4 Å². The predicted octanol–water partition coefficient (Wildman–Crippen LogP) is 4.99. The minimum Gasteiger partial charge on any atom is -0.478 e. The van der Waals surface area contributed by atoms with E-state index in [1.165, 1.54) is 11.1 Å². The van der Waals surface area contributed by atoms with Crippen LogP contribution < -0.4 is 0 Å². The minimum atomic E-state index is -0.919. The zero-order valence-corrected chi connectivity index (χ0v) is 15.5. The summed E-state index contributed by atoms with van der Waals surface area (Å²) in [6.45, 7) is 11.6. The topological polar surface area (TPSA) is 37.3 Å². The maximum absolute atomic E-state index is 10.9. The Labute approximate surface area is 149 Å². The molecule has 0 fully saturated rings. The highest BCUT2D eigenvalue weighted by Crippen LogP contribution is 2.53. The predicted molar refractivity (Wildman–Crippen MR) is 101 cm³/mol. The molecule has 2 heteroatoms. The minimum absolute atomic E-state index is 0.125. The fourth-order valence-corrected chi connectivity index (χ4v) is 3.93. The highest BCUT2D eigenvalue weighted by atomic mass is 16.4. The van der Waals surface area contributed by atoms with Gasteiger partial charge in [-0.25, -0.2) is 4.79 Å². The average molecular weight is 332 g/mol. The van der Waals surface area contributed by atoms with E-state index in [9.17, 15) is 4.79 Å². The van der Waals surface area contributed by atoms with Crippen molar-refractivity contribution in [3.8, 4) is 11.8 Å². The molecule has 0 spiro atoms. The lowest BCUT2D eigenvalue weighted by atomic mass is 9.71. The van der Waals surface area contributed by atoms with Crippen LogP contribution in [0.2, 0.25) is 0 Å². The number of benzene rings is 2. The van der Waals surface area contributed by atoms with Crippen molar-refractivity contribution in [2.24, 2.45) is 5.92 Å². The average Bonchev–Trinajstić information content (AvgIpc) is 2.71. The van der Waals surface area contributed by atoms with Gasteiger partial charge in [0.1, 0.15) is 0 Å². The summed E-state index contributed by atoms with van der Waals surface area (Å²) in [6, 6.07) is 13.2. The third-order valence-electron chi connectivity index (χ3n) is 6.06. The SMILES string of the molecule is CC1C(C)(C)c2ccc(C#Cc3ccc(C(=O)O)cc3)cc2C1(C)C. The van der Waals surface area contributed by atoms with Crippen LogP contribution in [0.4, 0.5) is 0 Å². The quantitative estimate of drug-likeness (QED) is 0.747. The van der Waals surface area contributed by atoms with Gasteiger partial charge in [0.15, 0.2) is 0 Å². The van der Waals surface area contributed by atoms with E-state index < -0.39 is 5.97 Å². The largest absolute Gasteiger partial charge is 0.478 e. The van der Waals surface area contributed by atoms with Gasteiger partial charge >= 0.3 is 5.97 Å². The molecular formula is C23H24O2. The molecule has 0 aliphatic heterocycles. The molecule has 0 saturated heterocycles. The standard InChI is InChI=1S/C23H24O2/c1-15-22(2,3)19-13-10-17(14-20(19)23(15,4)5)7-6-16-8-11-18(12-9-16)21(24)25/h8-15H,1-5H3,(H,24,25). The summed E-state index contributed by atoms with van der Waals surface area (Å²) >= 11 is 0. The Bertz CT molecular complexity index is 890. The zero-order chi connectivity index (χ0) is 18.4. The molecule has 128 valence electrons. The lowest BCUT2D eigenvalue weighted by Gasteiger charge is -2.32. The first-order valence-corrected chi connectivity index (χ1v) is 8.64. The maximum Gasteiger partial charge on any atom is 0.335 e. The molecule has 1 aliphatic carbocycles. The second-order valence-electron chi connectivity index (χ2n) is 8.06. The molecule has 1 atom stereocenters. The van der Waals surface area contributed by atoms with E-state index in [0.29, 0.717) is 5.92 Å². The maximum atomic E-state index is 10.9. The number of carboxylic acids is 1. The lowest BCUT2D eigenvalue weighted by molar-refractivity contribution is 0.0697. The number of carbonyl (C=O) groups is 1. The van der Waals surface area contributed by atoms with Crippen LogP contribution in [-0.2, 0) is 10.8 Å². The van der Waals surface area contributed by atoms with E-state index in [-0.39, 0.29) is 16.4 Å². The highest BCUT2D eigenvalue weighted by molar-refractivity contribution is 5.87. The van der Waals surface area contributed by atoms with Gasteiger partial charge in [0.25, 0.3) is 0 Å². The third-order valence-corrected chi connectivity index (χ3v) is 6.06. The second-order valence-corrected chi connectivity index (χ2v) is 8.06. The lowest BCUT2D eigenvalue weighted by Crippen LogP contribution is -2.30. The molecule has 2 nitrogen and oxygen atoms in total. The number of aromatic carboxylic acids is 1. The Kier molecular flexibility index (Phi) is 4.00. The number of rotatable bonds is 1. The smallest absolute Gasteiger partial charge is 0.335 e. The molecule has 0 heterocycles. The van der Waals surface area contributed by atoms with Gasteiger partial charge in [-0.2, -0.15) is 0 Å². The van der Waals surface area contributed by atoms with E-state index in [1.807, 2.05) is 0 Å². The first-order valence-electron chi connectivity index (χ1n) is 8.64. The van der Waals surface area contributed by atoms with Crippen LogP contribution in [0.5, 0.6) is 0 Å². The monoisotopic (exact) mass is 332 g/mol. The Balaban J connectivity index is 1.95. The van der Waals surface area contributed by atoms with Crippen LogP contribution >= 0.6 is 0 Å². The van der Waals surface area contributed by atoms with Gasteiger partial charge in [-0.15, -0.1) is 0 Å². The molecule has 1 aliphatic rings. The third kappa shape index (κ3) is 2.85. The summed E-state index contributed by atoms with van der Waals surface area (Å²) in [6.07, 6.45) is 0. The highest BCUT2D eigenvalue weighted by Gasteiger charge is 2.48. The normalized spacial score (nSPS) is 19.6. The van der Waals surface area contributed by atoms with E-state index in [4.69, 9.17) is 5.11 Å². The summed E-state index contributed by atoms with van der Waals surface area (Å²) < 4.78 is 0. The van der Waals surface area contributed by atoms with E-state index in [1.54, 1.807) is 24.3 Å². The molecule has 1 N–H and O–H groups in total. The summed E-state index contributed by atoms with van der Waals surface area (Å²) in [5.41, 5.74) is 5.19. The molecule has 0 saturated carbocycles. The van der Waals surface area contributed by atoms with Crippen molar-refractivity contribution in [1.82, 2.24) is 0 Å². The Hall–Kier alpha value is -2.53. The summed E-state index contributed by atoms with van der Waals surface area (Å²) in [4.78, 5) is 10.9. The molecule has 2 aromatic carbocycles. The van der Waals surface area contributed by atoms with Crippen LogP contribution in [0.25, 0.3) is 0 Å². The van der Waals surface area contributed by atoms with Crippen LogP contribution in [-0.4, -0.2) is 11.1 Å². The van der Waals surface area contributed by atoms with Crippen molar-refractivity contribution >= 4 is 5.97 Å². The molecule has 0 aromatic heterocycles.